The highest BCUT2D eigenvalue weighted by molar-refractivity contribution is 8.16. The third-order valence-corrected chi connectivity index (χ3v) is 8.70. The fraction of sp³-hybridized carbons (Fsp3) is 0.333. The molecule has 2 aliphatic rings. The molecule has 2 atom stereocenters. The van der Waals surface area contributed by atoms with Crippen molar-refractivity contribution in [3.63, 3.8) is 0 Å². The van der Waals surface area contributed by atoms with E-state index < -0.39 is 9.84 Å². The average Bonchev–Trinajstić information content (AvgIpc) is 3.09. The summed E-state index contributed by atoms with van der Waals surface area (Å²) in [4.78, 5) is 19.0. The third kappa shape index (κ3) is 4.22. The minimum Gasteiger partial charge on any atom is -0.315 e. The van der Waals surface area contributed by atoms with Gasteiger partial charge in [-0.3, -0.25) is 4.79 Å². The maximum Gasteiger partial charge on any atom is 0.252 e. The van der Waals surface area contributed by atoms with E-state index in [1.165, 1.54) is 11.8 Å². The monoisotopic (exact) mass is 448 g/mol. The molecular weight excluding hydrogens is 428 g/mol. The summed E-state index contributed by atoms with van der Waals surface area (Å²) in [5.74, 6) is -0.0503. The van der Waals surface area contributed by atoms with E-state index in [9.17, 15) is 13.2 Å². The number of benzene rings is 2. The zero-order valence-electron chi connectivity index (χ0n) is 16.1. The lowest BCUT2D eigenvalue weighted by atomic mass is 10.1. The van der Waals surface area contributed by atoms with Gasteiger partial charge >= 0.3 is 0 Å². The lowest BCUT2D eigenvalue weighted by Gasteiger charge is -2.28. The van der Waals surface area contributed by atoms with Crippen LogP contribution in [0.1, 0.15) is 16.7 Å². The van der Waals surface area contributed by atoms with Crippen molar-refractivity contribution in [2.45, 2.75) is 31.6 Å². The molecule has 4 rings (SSSR count). The first kappa shape index (κ1) is 20.4. The van der Waals surface area contributed by atoms with Crippen molar-refractivity contribution in [2.24, 2.45) is 4.99 Å². The van der Waals surface area contributed by atoms with Gasteiger partial charge in [0.2, 0.25) is 0 Å². The van der Waals surface area contributed by atoms with Gasteiger partial charge in [-0.05, 0) is 42.7 Å². The summed E-state index contributed by atoms with van der Waals surface area (Å²) in [5.41, 5.74) is 3.86. The van der Waals surface area contributed by atoms with E-state index in [0.29, 0.717) is 10.2 Å². The molecular formula is C21H21ClN2O3S2. The van der Waals surface area contributed by atoms with E-state index in [4.69, 9.17) is 11.6 Å². The van der Waals surface area contributed by atoms with Crippen LogP contribution < -0.4 is 4.90 Å². The Morgan fingerprint density at radius 1 is 1.14 bits per heavy atom. The Kier molecular flexibility index (Phi) is 5.48. The number of rotatable bonds is 3. The fourth-order valence-electron chi connectivity index (χ4n) is 3.93. The van der Waals surface area contributed by atoms with Crippen LogP contribution in [0.15, 0.2) is 47.5 Å². The molecule has 0 saturated carbocycles. The van der Waals surface area contributed by atoms with Gasteiger partial charge in [0.1, 0.15) is 0 Å². The Morgan fingerprint density at radius 3 is 2.45 bits per heavy atom. The maximum absolute atomic E-state index is 12.7. The summed E-state index contributed by atoms with van der Waals surface area (Å²) < 4.78 is 24.5. The summed E-state index contributed by atoms with van der Waals surface area (Å²) in [6.45, 7) is 3.99. The zero-order valence-corrected chi connectivity index (χ0v) is 18.5. The number of hydrogen-bond acceptors (Lipinski definition) is 4. The molecule has 2 aromatic rings. The molecule has 152 valence electrons. The number of aliphatic imine (C=N–C) groups is 1. The standard InChI is InChI=1S/C21H21ClN2O3S2/c1-13-4-3-5-14(2)20(13)24-17-11-29(26,27)12-18(17)28-21(24)23-19(25)10-15-6-8-16(22)9-7-15/h3-9,17-18H,10-12H2,1-2H3/t17-,18-/m0/s1. The number of aryl methyl sites for hydroxylation is 2. The highest BCUT2D eigenvalue weighted by Gasteiger charge is 2.49. The van der Waals surface area contributed by atoms with E-state index in [0.717, 1.165) is 22.4 Å². The van der Waals surface area contributed by atoms with Crippen LogP contribution in [0.5, 0.6) is 0 Å². The van der Waals surface area contributed by atoms with Crippen LogP contribution in [0.2, 0.25) is 5.02 Å². The lowest BCUT2D eigenvalue weighted by molar-refractivity contribution is -0.117. The average molecular weight is 449 g/mol. The molecule has 0 radical (unpaired) electrons. The number of sulfone groups is 1. The Bertz CT molecular complexity index is 1080. The van der Waals surface area contributed by atoms with Gasteiger partial charge in [0, 0.05) is 16.0 Å². The van der Waals surface area contributed by atoms with Gasteiger partial charge in [0.25, 0.3) is 5.91 Å². The van der Waals surface area contributed by atoms with Gasteiger partial charge in [-0.25, -0.2) is 8.42 Å². The molecule has 1 amide bonds. The first-order chi connectivity index (χ1) is 13.7. The Morgan fingerprint density at radius 2 is 1.79 bits per heavy atom. The molecule has 8 heteroatoms. The Balaban J connectivity index is 1.69. The quantitative estimate of drug-likeness (QED) is 0.714. The highest BCUT2D eigenvalue weighted by atomic mass is 35.5. The second-order valence-electron chi connectivity index (χ2n) is 7.50. The minimum atomic E-state index is -3.09. The SMILES string of the molecule is Cc1cccc(C)c1N1C(=NC(=O)Cc2ccc(Cl)cc2)S[C@H]2CS(=O)(=O)C[C@@H]21. The van der Waals surface area contributed by atoms with Crippen LogP contribution in [-0.2, 0) is 21.1 Å². The molecule has 0 aromatic heterocycles. The van der Waals surface area contributed by atoms with E-state index >= 15 is 0 Å². The first-order valence-corrected chi connectivity index (χ1v) is 12.4. The lowest BCUT2D eigenvalue weighted by Crippen LogP contribution is -2.38. The molecule has 2 heterocycles. The number of carbonyl (C=O) groups excluding carboxylic acids is 1. The second kappa shape index (κ2) is 7.78. The smallest absolute Gasteiger partial charge is 0.252 e. The van der Waals surface area contributed by atoms with Crippen molar-refractivity contribution in [1.82, 2.24) is 0 Å². The van der Waals surface area contributed by atoms with Crippen molar-refractivity contribution in [3.05, 3.63) is 64.2 Å². The van der Waals surface area contributed by atoms with Gasteiger partial charge in [-0.15, -0.1) is 0 Å². The molecule has 0 bridgehead atoms. The number of halogens is 1. The molecule has 0 N–H and O–H groups in total. The number of nitrogens with zero attached hydrogens (tertiary/aromatic N) is 2. The summed E-state index contributed by atoms with van der Waals surface area (Å²) >= 11 is 7.31. The number of fused-ring (bicyclic) bond motifs is 1. The van der Waals surface area contributed by atoms with Crippen LogP contribution in [-0.4, -0.2) is 42.3 Å². The number of para-hydroxylation sites is 1. The van der Waals surface area contributed by atoms with Crippen molar-refractivity contribution < 1.29 is 13.2 Å². The summed E-state index contributed by atoms with van der Waals surface area (Å²) in [6.07, 6.45) is 0.176. The zero-order chi connectivity index (χ0) is 20.8. The van der Waals surface area contributed by atoms with E-state index in [-0.39, 0.29) is 35.1 Å². The molecule has 0 spiro atoms. The Labute approximate surface area is 180 Å². The number of carbonyl (C=O) groups is 1. The van der Waals surface area contributed by atoms with E-state index in [1.807, 2.05) is 49.1 Å². The van der Waals surface area contributed by atoms with Gasteiger partial charge in [0.15, 0.2) is 15.0 Å². The number of amidine groups is 1. The van der Waals surface area contributed by atoms with Crippen molar-refractivity contribution >= 4 is 50.0 Å². The number of hydrogen-bond donors (Lipinski definition) is 0. The van der Waals surface area contributed by atoms with E-state index in [2.05, 4.69) is 4.99 Å². The summed E-state index contributed by atoms with van der Waals surface area (Å²) in [6, 6.07) is 12.9. The largest absolute Gasteiger partial charge is 0.315 e. The second-order valence-corrected chi connectivity index (χ2v) is 11.3. The van der Waals surface area contributed by atoms with Gasteiger partial charge in [-0.2, -0.15) is 4.99 Å². The fourth-order valence-corrected chi connectivity index (χ4v) is 7.98. The van der Waals surface area contributed by atoms with Crippen molar-refractivity contribution in [1.29, 1.82) is 0 Å². The van der Waals surface area contributed by atoms with Crippen LogP contribution in [0.4, 0.5) is 5.69 Å². The predicted octanol–water partition coefficient (Wildman–Crippen LogP) is 3.80. The summed E-state index contributed by atoms with van der Waals surface area (Å²) in [7, 11) is -3.09. The minimum absolute atomic E-state index is 0.0861. The molecule has 29 heavy (non-hydrogen) atoms. The van der Waals surface area contributed by atoms with Gasteiger partial charge in [-0.1, -0.05) is 53.7 Å². The Hall–Kier alpha value is -1.83. The molecule has 2 saturated heterocycles. The van der Waals surface area contributed by atoms with Gasteiger partial charge in [0.05, 0.1) is 24.0 Å². The molecule has 2 aromatic carbocycles. The number of amides is 1. The first-order valence-electron chi connectivity index (χ1n) is 9.32. The van der Waals surface area contributed by atoms with Crippen LogP contribution in [0, 0.1) is 13.8 Å². The van der Waals surface area contributed by atoms with Gasteiger partial charge < -0.3 is 4.90 Å². The normalized spacial score (nSPS) is 24.1. The molecule has 0 unspecified atom stereocenters. The maximum atomic E-state index is 12.7. The van der Waals surface area contributed by atoms with Crippen LogP contribution >= 0.6 is 23.4 Å². The highest BCUT2D eigenvalue weighted by Crippen LogP contribution is 2.43. The molecule has 0 aliphatic carbocycles. The van der Waals surface area contributed by atoms with Crippen molar-refractivity contribution in [2.75, 3.05) is 16.4 Å². The van der Waals surface area contributed by atoms with Crippen LogP contribution in [0.3, 0.4) is 0 Å². The molecule has 5 nitrogen and oxygen atoms in total. The van der Waals surface area contributed by atoms with Crippen molar-refractivity contribution in [3.8, 4) is 0 Å². The number of thioether (sulfide) groups is 1. The number of anilines is 1. The molecule has 2 fully saturated rings. The summed E-state index contributed by atoms with van der Waals surface area (Å²) in [5, 5.41) is 1.10. The third-order valence-electron chi connectivity index (χ3n) is 5.24. The van der Waals surface area contributed by atoms with E-state index in [1.54, 1.807) is 12.1 Å². The predicted molar refractivity (Wildman–Crippen MR) is 120 cm³/mol. The topological polar surface area (TPSA) is 66.8 Å². The molecule has 2 aliphatic heterocycles. The van der Waals surface area contributed by atoms with Crippen LogP contribution in [0.25, 0.3) is 0 Å².